The third kappa shape index (κ3) is 3.73. The smallest absolute Gasteiger partial charge is 0.251 e. The highest BCUT2D eigenvalue weighted by molar-refractivity contribution is 8.00. The van der Waals surface area contributed by atoms with Crippen molar-refractivity contribution in [2.75, 3.05) is 17.6 Å². The summed E-state index contributed by atoms with van der Waals surface area (Å²) in [6, 6.07) is 8.78. The highest BCUT2D eigenvalue weighted by Gasteiger charge is 2.15. The van der Waals surface area contributed by atoms with Gasteiger partial charge in [0.05, 0.1) is 11.4 Å². The highest BCUT2D eigenvalue weighted by Crippen LogP contribution is 2.31. The van der Waals surface area contributed by atoms with Gasteiger partial charge < -0.3 is 10.6 Å². The summed E-state index contributed by atoms with van der Waals surface area (Å²) in [5.41, 5.74) is 1.81. The minimum atomic E-state index is -1.05. The summed E-state index contributed by atoms with van der Waals surface area (Å²) in [5.74, 6) is -2.12. The van der Waals surface area contributed by atoms with E-state index >= 15 is 0 Å². The summed E-state index contributed by atoms with van der Waals surface area (Å²) in [7, 11) is 0. The topological polar surface area (TPSA) is 58.2 Å². The fraction of sp³-hybridized carbons (Fsp3) is 0.176. The van der Waals surface area contributed by atoms with Crippen LogP contribution in [0.15, 0.2) is 41.3 Å². The Hall–Kier alpha value is -2.41. The number of anilines is 1. The van der Waals surface area contributed by atoms with E-state index < -0.39 is 17.5 Å². The van der Waals surface area contributed by atoms with Crippen molar-refractivity contribution < 1.29 is 18.4 Å². The number of carbonyl (C=O) groups is 2. The van der Waals surface area contributed by atoms with Gasteiger partial charge in [0, 0.05) is 17.0 Å². The van der Waals surface area contributed by atoms with Gasteiger partial charge in [-0.25, -0.2) is 8.78 Å². The Kier molecular flexibility index (Phi) is 4.80. The van der Waals surface area contributed by atoms with Crippen molar-refractivity contribution in [3.63, 3.8) is 0 Å². The molecule has 2 N–H and O–H groups in total. The number of hydrogen-bond acceptors (Lipinski definition) is 3. The molecule has 0 fully saturated rings. The molecule has 24 heavy (non-hydrogen) atoms. The normalized spacial score (nSPS) is 13.2. The Morgan fingerprint density at radius 3 is 2.79 bits per heavy atom. The fourth-order valence-electron chi connectivity index (χ4n) is 2.35. The van der Waals surface area contributed by atoms with Gasteiger partial charge in [-0.2, -0.15) is 0 Å². The van der Waals surface area contributed by atoms with Crippen molar-refractivity contribution in [3.05, 3.63) is 59.2 Å². The summed E-state index contributed by atoms with van der Waals surface area (Å²) >= 11 is 1.49. The van der Waals surface area contributed by atoms with Crippen molar-refractivity contribution in [3.8, 4) is 0 Å². The Balaban J connectivity index is 1.58. The van der Waals surface area contributed by atoms with E-state index in [-0.39, 0.29) is 11.5 Å². The summed E-state index contributed by atoms with van der Waals surface area (Å²) in [6.45, 7) is 0.345. The van der Waals surface area contributed by atoms with Crippen LogP contribution in [0.1, 0.15) is 15.9 Å². The molecule has 2 amide bonds. The summed E-state index contributed by atoms with van der Waals surface area (Å²) in [4.78, 5) is 24.3. The highest BCUT2D eigenvalue weighted by atomic mass is 32.2. The van der Waals surface area contributed by atoms with Gasteiger partial charge in [-0.1, -0.05) is 6.07 Å². The van der Waals surface area contributed by atoms with E-state index in [1.165, 1.54) is 17.8 Å². The molecular weight excluding hydrogens is 334 g/mol. The van der Waals surface area contributed by atoms with Crippen LogP contribution < -0.4 is 10.6 Å². The van der Waals surface area contributed by atoms with Crippen LogP contribution >= 0.6 is 11.8 Å². The predicted molar refractivity (Wildman–Crippen MR) is 88.2 cm³/mol. The maximum Gasteiger partial charge on any atom is 0.251 e. The lowest BCUT2D eigenvalue weighted by Gasteiger charge is -2.17. The van der Waals surface area contributed by atoms with Crippen molar-refractivity contribution in [2.24, 2.45) is 0 Å². The average molecular weight is 348 g/mol. The predicted octanol–water partition coefficient (Wildman–Crippen LogP) is 2.98. The third-order valence-electron chi connectivity index (χ3n) is 3.56. The molecule has 0 saturated heterocycles. The van der Waals surface area contributed by atoms with Crippen LogP contribution in [0, 0.1) is 11.6 Å². The molecule has 0 aromatic heterocycles. The van der Waals surface area contributed by atoms with E-state index in [0.29, 0.717) is 18.7 Å². The minimum Gasteiger partial charge on any atom is -0.352 e. The van der Waals surface area contributed by atoms with Crippen LogP contribution in [0.5, 0.6) is 0 Å². The molecule has 2 aromatic carbocycles. The number of nitrogens with one attached hydrogen (secondary N) is 2. The SMILES string of the molecule is O=C1CSc2ccc(CCNC(=O)c3ccc(F)c(F)c3)cc2N1. The maximum atomic E-state index is 13.1. The van der Waals surface area contributed by atoms with Crippen molar-refractivity contribution >= 4 is 29.3 Å². The Labute approximate surface area is 141 Å². The maximum absolute atomic E-state index is 13.1. The van der Waals surface area contributed by atoms with E-state index in [9.17, 15) is 18.4 Å². The lowest BCUT2D eigenvalue weighted by Crippen LogP contribution is -2.26. The summed E-state index contributed by atoms with van der Waals surface area (Å²) < 4.78 is 26.0. The number of thioether (sulfide) groups is 1. The van der Waals surface area contributed by atoms with E-state index in [1.54, 1.807) is 0 Å². The Morgan fingerprint density at radius 2 is 2.00 bits per heavy atom. The molecular formula is C17H14F2N2O2S. The molecule has 7 heteroatoms. The standard InChI is InChI=1S/C17H14F2N2O2S/c18-12-3-2-11(8-13(12)19)17(23)20-6-5-10-1-4-15-14(7-10)21-16(22)9-24-15/h1-4,7-8H,5-6,9H2,(H,20,23)(H,21,22). The van der Waals surface area contributed by atoms with Crippen molar-refractivity contribution in [1.82, 2.24) is 5.32 Å². The molecule has 0 atom stereocenters. The molecule has 3 rings (SSSR count). The average Bonchev–Trinajstić information content (AvgIpc) is 2.57. The second-order valence-electron chi connectivity index (χ2n) is 5.30. The van der Waals surface area contributed by atoms with Gasteiger partial charge in [-0.05, 0) is 42.3 Å². The van der Waals surface area contributed by atoms with E-state index in [0.717, 1.165) is 28.3 Å². The molecule has 124 valence electrons. The molecule has 1 heterocycles. The summed E-state index contributed by atoms with van der Waals surface area (Å²) in [5, 5.41) is 5.47. The second-order valence-corrected chi connectivity index (χ2v) is 6.32. The first-order valence-electron chi connectivity index (χ1n) is 7.32. The van der Waals surface area contributed by atoms with E-state index in [4.69, 9.17) is 0 Å². The van der Waals surface area contributed by atoms with E-state index in [2.05, 4.69) is 10.6 Å². The van der Waals surface area contributed by atoms with Crippen LogP contribution in [0.4, 0.5) is 14.5 Å². The third-order valence-corrected chi connectivity index (χ3v) is 4.63. The Bertz CT molecular complexity index is 811. The molecule has 0 aliphatic carbocycles. The molecule has 1 aliphatic rings. The summed E-state index contributed by atoms with van der Waals surface area (Å²) in [6.07, 6.45) is 0.559. The quantitative estimate of drug-likeness (QED) is 0.893. The van der Waals surface area contributed by atoms with Crippen LogP contribution in [-0.2, 0) is 11.2 Å². The zero-order chi connectivity index (χ0) is 17.1. The monoisotopic (exact) mass is 348 g/mol. The van der Waals surface area contributed by atoms with Crippen LogP contribution in [-0.4, -0.2) is 24.1 Å². The van der Waals surface area contributed by atoms with Gasteiger partial charge >= 0.3 is 0 Å². The van der Waals surface area contributed by atoms with Crippen molar-refractivity contribution in [2.45, 2.75) is 11.3 Å². The van der Waals surface area contributed by atoms with Gasteiger partial charge in [0.1, 0.15) is 0 Å². The van der Waals surface area contributed by atoms with Crippen LogP contribution in [0.3, 0.4) is 0 Å². The molecule has 0 saturated carbocycles. The molecule has 0 unspecified atom stereocenters. The number of amides is 2. The van der Waals surface area contributed by atoms with Gasteiger partial charge in [0.15, 0.2) is 11.6 Å². The van der Waals surface area contributed by atoms with Gasteiger partial charge in [-0.15, -0.1) is 11.8 Å². The number of carbonyl (C=O) groups excluding carboxylic acids is 2. The first-order valence-corrected chi connectivity index (χ1v) is 8.30. The Morgan fingerprint density at radius 1 is 1.17 bits per heavy atom. The lowest BCUT2D eigenvalue weighted by atomic mass is 10.1. The molecule has 0 spiro atoms. The second kappa shape index (κ2) is 7.00. The molecule has 0 bridgehead atoms. The lowest BCUT2D eigenvalue weighted by molar-refractivity contribution is -0.113. The molecule has 1 aliphatic heterocycles. The number of halogens is 2. The molecule has 2 aromatic rings. The molecule has 0 radical (unpaired) electrons. The zero-order valence-corrected chi connectivity index (χ0v) is 13.4. The fourth-order valence-corrected chi connectivity index (χ4v) is 3.13. The number of fused-ring (bicyclic) bond motifs is 1. The number of benzene rings is 2. The van der Waals surface area contributed by atoms with Gasteiger partial charge in [0.25, 0.3) is 5.91 Å². The van der Waals surface area contributed by atoms with Crippen molar-refractivity contribution in [1.29, 1.82) is 0 Å². The van der Waals surface area contributed by atoms with Gasteiger partial charge in [0.2, 0.25) is 5.91 Å². The number of hydrogen-bond donors (Lipinski definition) is 2. The first kappa shape index (κ1) is 16.4. The number of rotatable bonds is 4. The minimum absolute atomic E-state index is 0.0312. The van der Waals surface area contributed by atoms with Gasteiger partial charge in [-0.3, -0.25) is 9.59 Å². The van der Waals surface area contributed by atoms with Crippen LogP contribution in [0.2, 0.25) is 0 Å². The largest absolute Gasteiger partial charge is 0.352 e. The van der Waals surface area contributed by atoms with Crippen LogP contribution in [0.25, 0.3) is 0 Å². The van der Waals surface area contributed by atoms with E-state index in [1.807, 2.05) is 18.2 Å². The zero-order valence-electron chi connectivity index (χ0n) is 12.6. The molecule has 4 nitrogen and oxygen atoms in total. The first-order chi connectivity index (χ1) is 11.5.